The molecule has 0 spiro atoms. The molecule has 3 aromatic rings. The maximum Gasteiger partial charge on any atom is 0.243 e. The fourth-order valence-corrected chi connectivity index (χ4v) is 4.63. The summed E-state index contributed by atoms with van der Waals surface area (Å²) in [7, 11) is 0. The molecule has 3 aromatic carbocycles. The molecule has 0 heterocycles. The zero-order chi connectivity index (χ0) is 25.4. The molecular weight excluding hydrogens is 526 g/mol. The molecule has 8 heteroatoms. The molecular formula is C27H26Cl4N2O2. The van der Waals surface area contributed by atoms with Gasteiger partial charge in [-0.2, -0.15) is 0 Å². The van der Waals surface area contributed by atoms with E-state index in [4.69, 9.17) is 46.4 Å². The number of carbonyl (C=O) groups is 2. The minimum atomic E-state index is -0.755. The molecule has 0 aliphatic heterocycles. The molecule has 1 atom stereocenters. The molecule has 184 valence electrons. The van der Waals surface area contributed by atoms with Gasteiger partial charge in [0.25, 0.3) is 0 Å². The highest BCUT2D eigenvalue weighted by Gasteiger charge is 2.31. The Morgan fingerprint density at radius 3 is 2.03 bits per heavy atom. The molecule has 35 heavy (non-hydrogen) atoms. The lowest BCUT2D eigenvalue weighted by Crippen LogP contribution is -2.51. The second-order valence-corrected chi connectivity index (χ2v) is 9.85. The van der Waals surface area contributed by atoms with Gasteiger partial charge in [-0.15, -0.1) is 0 Å². The van der Waals surface area contributed by atoms with Crippen LogP contribution in [0.4, 0.5) is 0 Å². The normalized spacial score (nSPS) is 11.7. The zero-order valence-electron chi connectivity index (χ0n) is 19.2. The fraction of sp³-hybridized carbons (Fsp3) is 0.259. The van der Waals surface area contributed by atoms with E-state index >= 15 is 0 Å². The third kappa shape index (κ3) is 7.88. The summed E-state index contributed by atoms with van der Waals surface area (Å²) in [5.41, 5.74) is 2.25. The number of hydrogen-bond acceptors (Lipinski definition) is 2. The van der Waals surface area contributed by atoms with Crippen LogP contribution >= 0.6 is 46.4 Å². The van der Waals surface area contributed by atoms with E-state index in [0.29, 0.717) is 44.2 Å². The number of carbonyl (C=O) groups excluding carboxylic acids is 2. The second kappa shape index (κ2) is 13.2. The van der Waals surface area contributed by atoms with Crippen molar-refractivity contribution in [2.75, 3.05) is 6.54 Å². The Hall–Kier alpha value is -2.24. The number of rotatable bonds is 10. The van der Waals surface area contributed by atoms with Crippen LogP contribution in [0.5, 0.6) is 0 Å². The molecule has 0 unspecified atom stereocenters. The Morgan fingerprint density at radius 2 is 1.46 bits per heavy atom. The van der Waals surface area contributed by atoms with Gasteiger partial charge in [0.2, 0.25) is 11.8 Å². The Bertz CT molecular complexity index is 1170. The number of halogens is 4. The van der Waals surface area contributed by atoms with E-state index in [1.165, 1.54) is 0 Å². The molecule has 0 bridgehead atoms. The molecule has 0 saturated heterocycles. The number of benzene rings is 3. The van der Waals surface area contributed by atoms with Crippen molar-refractivity contribution in [2.45, 2.75) is 38.8 Å². The van der Waals surface area contributed by atoms with E-state index in [-0.39, 0.29) is 24.8 Å². The highest BCUT2D eigenvalue weighted by atomic mass is 35.5. The second-order valence-electron chi connectivity index (χ2n) is 8.17. The number of nitrogens with zero attached hydrogens (tertiary/aromatic N) is 1. The summed E-state index contributed by atoms with van der Waals surface area (Å²) in [6.45, 7) is 2.62. The van der Waals surface area contributed by atoms with E-state index in [1.54, 1.807) is 41.3 Å². The van der Waals surface area contributed by atoms with Crippen LogP contribution in [0.25, 0.3) is 0 Å². The van der Waals surface area contributed by atoms with Gasteiger partial charge in [-0.05, 0) is 47.4 Å². The van der Waals surface area contributed by atoms with Gasteiger partial charge < -0.3 is 10.2 Å². The average molecular weight is 552 g/mol. The van der Waals surface area contributed by atoms with E-state index < -0.39 is 6.04 Å². The van der Waals surface area contributed by atoms with Crippen LogP contribution in [0.3, 0.4) is 0 Å². The van der Waals surface area contributed by atoms with Crippen LogP contribution < -0.4 is 5.32 Å². The summed E-state index contributed by atoms with van der Waals surface area (Å²) < 4.78 is 0. The van der Waals surface area contributed by atoms with Gasteiger partial charge in [-0.3, -0.25) is 9.59 Å². The van der Waals surface area contributed by atoms with Crippen LogP contribution in [0, 0.1) is 0 Å². The van der Waals surface area contributed by atoms with Crippen molar-refractivity contribution in [3.8, 4) is 0 Å². The lowest BCUT2D eigenvalue weighted by atomic mass is 10.0. The molecule has 0 radical (unpaired) electrons. The summed E-state index contributed by atoms with van der Waals surface area (Å²) in [6.07, 6.45) is 1.14. The van der Waals surface area contributed by atoms with Crippen molar-refractivity contribution in [1.82, 2.24) is 10.2 Å². The molecule has 0 aromatic heterocycles. The zero-order valence-corrected chi connectivity index (χ0v) is 22.3. The van der Waals surface area contributed by atoms with E-state index in [2.05, 4.69) is 5.32 Å². The van der Waals surface area contributed by atoms with Crippen LogP contribution in [-0.4, -0.2) is 29.3 Å². The first-order chi connectivity index (χ1) is 16.8. The highest BCUT2D eigenvalue weighted by molar-refractivity contribution is 6.35. The topological polar surface area (TPSA) is 49.4 Å². The molecule has 0 saturated carbocycles. The van der Waals surface area contributed by atoms with Crippen LogP contribution in [0.2, 0.25) is 20.1 Å². The first-order valence-corrected chi connectivity index (χ1v) is 12.8. The third-order valence-corrected chi connectivity index (χ3v) is 6.71. The van der Waals surface area contributed by atoms with Gasteiger partial charge >= 0.3 is 0 Å². The Kier molecular flexibility index (Phi) is 10.3. The van der Waals surface area contributed by atoms with E-state index in [1.807, 2.05) is 37.3 Å². The van der Waals surface area contributed by atoms with Gasteiger partial charge in [0.05, 0.1) is 6.42 Å². The first-order valence-electron chi connectivity index (χ1n) is 11.3. The number of hydrogen-bond donors (Lipinski definition) is 1. The molecule has 4 nitrogen and oxygen atoms in total. The van der Waals surface area contributed by atoms with Gasteiger partial charge in [-0.25, -0.2) is 0 Å². The Balaban J connectivity index is 2.00. The summed E-state index contributed by atoms with van der Waals surface area (Å²) in [6, 6.07) is 19.0. The Morgan fingerprint density at radius 1 is 0.857 bits per heavy atom. The Labute approximate surface area is 226 Å². The maximum absolute atomic E-state index is 13.7. The fourth-order valence-electron chi connectivity index (χ4n) is 3.68. The SMILES string of the molecule is CCCNC(=O)[C@H](Cc1ccccc1)N(Cc1ccc(Cl)cc1Cl)C(=O)Cc1ccc(Cl)cc1Cl. The lowest BCUT2D eigenvalue weighted by Gasteiger charge is -2.32. The molecule has 3 rings (SSSR count). The van der Waals surface area contributed by atoms with Gasteiger partial charge in [0.1, 0.15) is 6.04 Å². The standard InChI is InChI=1S/C27H26Cl4N2O2/c1-2-12-32-27(35)25(13-18-6-4-3-5-7-18)33(17-20-9-11-22(29)16-24(20)31)26(34)14-19-8-10-21(28)15-23(19)30/h3-11,15-16,25H,2,12-14,17H2,1H3,(H,32,35)/t25-/m0/s1. The lowest BCUT2D eigenvalue weighted by molar-refractivity contribution is -0.140. The smallest absolute Gasteiger partial charge is 0.243 e. The van der Waals surface area contributed by atoms with Crippen LogP contribution in [0.1, 0.15) is 30.0 Å². The monoisotopic (exact) mass is 550 g/mol. The minimum absolute atomic E-state index is 0.00750. The predicted molar refractivity (Wildman–Crippen MR) is 144 cm³/mol. The quantitative estimate of drug-likeness (QED) is 0.294. The third-order valence-electron chi connectivity index (χ3n) is 5.53. The van der Waals surface area contributed by atoms with E-state index in [9.17, 15) is 9.59 Å². The van der Waals surface area contributed by atoms with E-state index in [0.717, 1.165) is 12.0 Å². The number of amides is 2. The summed E-state index contributed by atoms with van der Waals surface area (Å²) in [5.74, 6) is -0.482. The summed E-state index contributed by atoms with van der Waals surface area (Å²) >= 11 is 24.9. The van der Waals surface area contributed by atoms with Crippen molar-refractivity contribution in [3.63, 3.8) is 0 Å². The van der Waals surface area contributed by atoms with Crippen LogP contribution in [0.15, 0.2) is 66.7 Å². The van der Waals surface area contributed by atoms with Gasteiger partial charge in [-0.1, -0.05) is 95.8 Å². The number of nitrogens with one attached hydrogen (secondary N) is 1. The van der Waals surface area contributed by atoms with Gasteiger partial charge in [0.15, 0.2) is 0 Å². The molecule has 0 aliphatic carbocycles. The van der Waals surface area contributed by atoms with Crippen molar-refractivity contribution in [3.05, 3.63) is 104 Å². The first kappa shape index (κ1) is 27.3. The molecule has 0 aliphatic rings. The maximum atomic E-state index is 13.7. The van der Waals surface area contributed by atoms with Crippen molar-refractivity contribution in [1.29, 1.82) is 0 Å². The van der Waals surface area contributed by atoms with Crippen molar-refractivity contribution in [2.24, 2.45) is 0 Å². The van der Waals surface area contributed by atoms with Crippen molar-refractivity contribution < 1.29 is 9.59 Å². The molecule has 2 amide bonds. The minimum Gasteiger partial charge on any atom is -0.354 e. The van der Waals surface area contributed by atoms with Crippen molar-refractivity contribution >= 4 is 58.2 Å². The largest absolute Gasteiger partial charge is 0.354 e. The molecule has 0 fully saturated rings. The summed E-state index contributed by atoms with van der Waals surface area (Å²) in [4.78, 5) is 28.6. The van der Waals surface area contributed by atoms with Crippen LogP contribution in [-0.2, 0) is 29.0 Å². The summed E-state index contributed by atoms with van der Waals surface area (Å²) in [5, 5.41) is 4.74. The highest BCUT2D eigenvalue weighted by Crippen LogP contribution is 2.26. The van der Waals surface area contributed by atoms with Gasteiger partial charge in [0, 0.05) is 39.6 Å². The molecule has 1 N–H and O–H groups in total. The predicted octanol–water partition coefficient (Wildman–Crippen LogP) is 7.01. The average Bonchev–Trinajstić information content (AvgIpc) is 2.83.